The quantitative estimate of drug-likeness (QED) is 0.725. The van der Waals surface area contributed by atoms with Crippen LogP contribution in [0.15, 0.2) is 55.1 Å². The fraction of sp³-hybridized carbons (Fsp3) is 0.375. The summed E-state index contributed by atoms with van der Waals surface area (Å²) >= 11 is 0. The van der Waals surface area contributed by atoms with Crippen LogP contribution in [0.5, 0.6) is 0 Å². The van der Waals surface area contributed by atoms with Gasteiger partial charge >= 0.3 is 0 Å². The largest absolute Gasteiger partial charge is 0.391 e. The second-order valence-electron chi connectivity index (χ2n) is 8.42. The lowest BCUT2D eigenvalue weighted by Gasteiger charge is -2.39. The number of hydrogen-bond acceptors (Lipinski definition) is 4. The standard InChI is InChI=1S/C24H26N4O2/c1-27-15-18(14-26-27)17-10-16(12-25-13-17)11-22-19-6-2-3-7-20(19)24(30)28(22)21-8-4-5-9-23(21)29/h2-3,6-7,10,12-15,21-23,29H,4-5,8-9,11H2,1H3. The highest BCUT2D eigenvalue weighted by atomic mass is 16.3. The lowest BCUT2D eigenvalue weighted by atomic mass is 9.89. The normalized spacial score (nSPS) is 23.6. The Morgan fingerprint density at radius 1 is 1.10 bits per heavy atom. The molecule has 2 aromatic heterocycles. The van der Waals surface area contributed by atoms with Crippen LogP contribution in [-0.4, -0.2) is 42.8 Å². The first-order valence-electron chi connectivity index (χ1n) is 10.6. The monoisotopic (exact) mass is 402 g/mol. The van der Waals surface area contributed by atoms with Crippen LogP contribution in [0, 0.1) is 0 Å². The van der Waals surface area contributed by atoms with Crippen molar-refractivity contribution in [2.75, 3.05) is 0 Å². The van der Waals surface area contributed by atoms with Crippen LogP contribution in [0.3, 0.4) is 0 Å². The van der Waals surface area contributed by atoms with Crippen LogP contribution in [0.25, 0.3) is 11.1 Å². The molecule has 6 heteroatoms. The number of amides is 1. The number of hydrogen-bond donors (Lipinski definition) is 1. The Kier molecular flexibility index (Phi) is 4.87. The summed E-state index contributed by atoms with van der Waals surface area (Å²) < 4.78 is 1.78. The summed E-state index contributed by atoms with van der Waals surface area (Å²) in [5, 5.41) is 14.9. The Balaban J connectivity index is 1.50. The van der Waals surface area contributed by atoms with Gasteiger partial charge in [0.1, 0.15) is 0 Å². The third kappa shape index (κ3) is 3.31. The first-order chi connectivity index (χ1) is 14.6. The molecule has 5 rings (SSSR count). The summed E-state index contributed by atoms with van der Waals surface area (Å²) in [7, 11) is 1.90. The van der Waals surface area contributed by atoms with Crippen molar-refractivity contribution in [1.82, 2.24) is 19.7 Å². The van der Waals surface area contributed by atoms with E-state index in [1.165, 1.54) is 0 Å². The van der Waals surface area contributed by atoms with Crippen LogP contribution >= 0.6 is 0 Å². The van der Waals surface area contributed by atoms with Gasteiger partial charge in [-0.3, -0.25) is 14.5 Å². The summed E-state index contributed by atoms with van der Waals surface area (Å²) in [4.78, 5) is 19.7. The van der Waals surface area contributed by atoms with E-state index in [0.717, 1.165) is 53.5 Å². The van der Waals surface area contributed by atoms with E-state index in [1.807, 2.05) is 61.0 Å². The van der Waals surface area contributed by atoms with E-state index in [1.54, 1.807) is 4.68 Å². The lowest BCUT2D eigenvalue weighted by molar-refractivity contribution is 0.00712. The maximum atomic E-state index is 13.3. The third-order valence-electron chi connectivity index (χ3n) is 6.43. The van der Waals surface area contributed by atoms with Crippen molar-refractivity contribution in [2.45, 2.75) is 50.3 Å². The van der Waals surface area contributed by atoms with E-state index in [4.69, 9.17) is 0 Å². The zero-order chi connectivity index (χ0) is 20.7. The van der Waals surface area contributed by atoms with Gasteiger partial charge in [-0.05, 0) is 42.5 Å². The van der Waals surface area contributed by atoms with Crippen LogP contribution in [0.2, 0.25) is 0 Å². The average Bonchev–Trinajstić information content (AvgIpc) is 3.31. The second kappa shape index (κ2) is 7.69. The molecule has 6 nitrogen and oxygen atoms in total. The number of pyridine rings is 1. The molecule has 3 unspecified atom stereocenters. The van der Waals surface area contributed by atoms with Crippen LogP contribution in [0.1, 0.15) is 53.2 Å². The summed E-state index contributed by atoms with van der Waals surface area (Å²) in [5.74, 6) is 0.0397. The van der Waals surface area contributed by atoms with E-state index in [2.05, 4.69) is 16.1 Å². The fourth-order valence-electron chi connectivity index (χ4n) is 4.97. The number of carbonyl (C=O) groups excluding carboxylic acids is 1. The van der Waals surface area contributed by atoms with Crippen molar-refractivity contribution in [1.29, 1.82) is 0 Å². The molecule has 1 aliphatic heterocycles. The van der Waals surface area contributed by atoms with Crippen LogP contribution in [0.4, 0.5) is 0 Å². The maximum absolute atomic E-state index is 13.3. The smallest absolute Gasteiger partial charge is 0.255 e. The van der Waals surface area contributed by atoms with Crippen molar-refractivity contribution in [3.05, 3.63) is 71.8 Å². The van der Waals surface area contributed by atoms with Crippen molar-refractivity contribution in [3.8, 4) is 11.1 Å². The number of aliphatic hydroxyl groups excluding tert-OH is 1. The fourth-order valence-corrected chi connectivity index (χ4v) is 4.97. The number of aryl methyl sites for hydroxylation is 1. The minimum atomic E-state index is -0.459. The molecule has 1 saturated carbocycles. The van der Waals surface area contributed by atoms with E-state index < -0.39 is 6.10 Å². The predicted molar refractivity (Wildman–Crippen MR) is 114 cm³/mol. The van der Waals surface area contributed by atoms with Gasteiger partial charge in [0.25, 0.3) is 5.91 Å². The van der Waals surface area contributed by atoms with E-state index in [-0.39, 0.29) is 18.0 Å². The molecule has 2 aliphatic rings. The number of rotatable bonds is 4. The molecule has 1 amide bonds. The Labute approximate surface area is 176 Å². The van der Waals surface area contributed by atoms with E-state index >= 15 is 0 Å². The second-order valence-corrected chi connectivity index (χ2v) is 8.42. The van der Waals surface area contributed by atoms with Gasteiger partial charge in [-0.1, -0.05) is 31.0 Å². The summed E-state index contributed by atoms with van der Waals surface area (Å²) in [5.41, 5.74) is 4.92. The van der Waals surface area contributed by atoms with Gasteiger partial charge in [-0.15, -0.1) is 0 Å². The van der Waals surface area contributed by atoms with Crippen molar-refractivity contribution in [3.63, 3.8) is 0 Å². The molecule has 1 N–H and O–H groups in total. The molecular formula is C24H26N4O2. The van der Waals surface area contributed by atoms with Crippen molar-refractivity contribution >= 4 is 5.91 Å². The van der Waals surface area contributed by atoms with Gasteiger partial charge < -0.3 is 10.0 Å². The number of aliphatic hydroxyl groups is 1. The number of aromatic nitrogens is 3. The van der Waals surface area contributed by atoms with Crippen molar-refractivity contribution in [2.24, 2.45) is 7.05 Å². The highest BCUT2D eigenvalue weighted by Gasteiger charge is 2.43. The average molecular weight is 402 g/mol. The molecule has 0 bridgehead atoms. The number of nitrogens with zero attached hydrogens (tertiary/aromatic N) is 4. The van der Waals surface area contributed by atoms with Crippen molar-refractivity contribution < 1.29 is 9.90 Å². The SMILES string of the molecule is Cn1cc(-c2cncc(CC3c4ccccc4C(=O)N3C3CCCCC3O)c2)cn1. The van der Waals surface area contributed by atoms with Gasteiger partial charge in [0, 0.05) is 42.3 Å². The van der Waals surface area contributed by atoms with Gasteiger partial charge in [-0.25, -0.2) is 0 Å². The molecule has 0 spiro atoms. The minimum absolute atomic E-state index is 0.0397. The molecule has 1 aromatic carbocycles. The van der Waals surface area contributed by atoms with Gasteiger partial charge in [-0.2, -0.15) is 5.10 Å². The topological polar surface area (TPSA) is 71.2 Å². The molecule has 1 fully saturated rings. The van der Waals surface area contributed by atoms with Gasteiger partial charge in [0.2, 0.25) is 0 Å². The lowest BCUT2D eigenvalue weighted by Crippen LogP contribution is -2.47. The summed E-state index contributed by atoms with van der Waals surface area (Å²) in [6.45, 7) is 0. The molecule has 3 heterocycles. The van der Waals surface area contributed by atoms with E-state index in [0.29, 0.717) is 6.42 Å². The summed E-state index contributed by atoms with van der Waals surface area (Å²) in [6, 6.07) is 9.78. The van der Waals surface area contributed by atoms with E-state index in [9.17, 15) is 9.90 Å². The Hall–Kier alpha value is -2.99. The molecule has 30 heavy (non-hydrogen) atoms. The first kappa shape index (κ1) is 19.0. The van der Waals surface area contributed by atoms with Crippen LogP contribution < -0.4 is 0 Å². The molecule has 0 saturated heterocycles. The Morgan fingerprint density at radius 2 is 1.93 bits per heavy atom. The molecule has 3 aromatic rings. The number of carbonyl (C=O) groups is 1. The van der Waals surface area contributed by atoms with Crippen LogP contribution in [-0.2, 0) is 13.5 Å². The van der Waals surface area contributed by atoms with Gasteiger partial charge in [0.15, 0.2) is 0 Å². The number of benzene rings is 1. The first-order valence-corrected chi connectivity index (χ1v) is 10.6. The minimum Gasteiger partial charge on any atom is -0.391 e. The zero-order valence-corrected chi connectivity index (χ0v) is 17.1. The highest BCUT2D eigenvalue weighted by molar-refractivity contribution is 5.99. The summed E-state index contributed by atoms with van der Waals surface area (Å²) in [6.07, 6.45) is 11.4. The third-order valence-corrected chi connectivity index (χ3v) is 6.43. The Bertz CT molecular complexity index is 1080. The molecule has 3 atom stereocenters. The maximum Gasteiger partial charge on any atom is 0.255 e. The molecule has 154 valence electrons. The zero-order valence-electron chi connectivity index (χ0n) is 17.1. The predicted octanol–water partition coefficient (Wildman–Crippen LogP) is 3.53. The molecule has 0 radical (unpaired) electrons. The molecule has 1 aliphatic carbocycles. The Morgan fingerprint density at radius 3 is 2.73 bits per heavy atom. The van der Waals surface area contributed by atoms with Gasteiger partial charge in [0.05, 0.1) is 24.4 Å². The highest BCUT2D eigenvalue weighted by Crippen LogP contribution is 2.40. The number of fused-ring (bicyclic) bond motifs is 1. The molecular weight excluding hydrogens is 376 g/mol.